The van der Waals surface area contributed by atoms with Gasteiger partial charge in [-0.3, -0.25) is 0 Å². The van der Waals surface area contributed by atoms with Crippen LogP contribution >= 0.6 is 0 Å². The highest BCUT2D eigenvalue weighted by atomic mass is 16.5. The van der Waals surface area contributed by atoms with Gasteiger partial charge in [0.2, 0.25) is 0 Å². The van der Waals surface area contributed by atoms with Crippen molar-refractivity contribution in [3.8, 4) is 5.75 Å². The summed E-state index contributed by atoms with van der Waals surface area (Å²) in [6, 6.07) is 5.94. The summed E-state index contributed by atoms with van der Waals surface area (Å²) < 4.78 is 5.38. The van der Waals surface area contributed by atoms with Gasteiger partial charge in [0.15, 0.2) is 0 Å². The summed E-state index contributed by atoms with van der Waals surface area (Å²) in [5.74, 6) is 0.352. The van der Waals surface area contributed by atoms with E-state index in [1.54, 1.807) is 6.07 Å². The second kappa shape index (κ2) is 3.98. The third-order valence-corrected chi connectivity index (χ3v) is 2.54. The molecule has 1 aromatic rings. The fourth-order valence-corrected chi connectivity index (χ4v) is 1.67. The van der Waals surface area contributed by atoms with Crippen LogP contribution in [-0.4, -0.2) is 24.9 Å². The molecule has 1 aliphatic rings. The van der Waals surface area contributed by atoms with Gasteiger partial charge in [0.25, 0.3) is 0 Å². The van der Waals surface area contributed by atoms with Gasteiger partial charge in [0, 0.05) is 6.54 Å². The molecule has 0 saturated carbocycles. The van der Waals surface area contributed by atoms with E-state index in [9.17, 15) is 5.11 Å². The van der Waals surface area contributed by atoms with E-state index in [1.807, 2.05) is 19.1 Å². The molecule has 0 aromatic heterocycles. The molecule has 0 aliphatic carbocycles. The number of benzene rings is 1. The molecule has 1 aromatic carbocycles. The Balaban J connectivity index is 2.18. The zero-order valence-electron chi connectivity index (χ0n) is 8.29. The minimum atomic E-state index is 0.267. The number of nitrogens with one attached hydrogen (secondary N) is 1. The first-order chi connectivity index (χ1) is 6.77. The molecule has 0 unspecified atom stereocenters. The van der Waals surface area contributed by atoms with Gasteiger partial charge in [-0.05, 0) is 24.1 Å². The molecule has 0 amide bonds. The highest BCUT2D eigenvalue weighted by Gasteiger charge is 2.15. The lowest BCUT2D eigenvalue weighted by atomic mass is 10.0. The number of ether oxygens (including phenoxy) is 1. The Morgan fingerprint density at radius 2 is 2.36 bits per heavy atom. The molecule has 0 spiro atoms. The molecule has 1 saturated heterocycles. The number of aryl methyl sites for hydroxylation is 1. The monoisotopic (exact) mass is 193 g/mol. The summed E-state index contributed by atoms with van der Waals surface area (Å²) in [7, 11) is 0. The number of phenolic OH excluding ortho intramolecular Hbond substituents is 1. The molecule has 1 heterocycles. The zero-order valence-corrected chi connectivity index (χ0v) is 8.29. The van der Waals surface area contributed by atoms with Crippen LogP contribution in [0.3, 0.4) is 0 Å². The lowest BCUT2D eigenvalue weighted by Crippen LogP contribution is -2.34. The maximum absolute atomic E-state index is 9.39. The van der Waals surface area contributed by atoms with Gasteiger partial charge in [0.1, 0.15) is 5.75 Å². The second-order valence-corrected chi connectivity index (χ2v) is 3.63. The van der Waals surface area contributed by atoms with Crippen molar-refractivity contribution < 1.29 is 9.84 Å². The molecular weight excluding hydrogens is 178 g/mol. The maximum Gasteiger partial charge on any atom is 0.118 e. The third-order valence-electron chi connectivity index (χ3n) is 2.54. The molecule has 0 radical (unpaired) electrons. The molecule has 0 bridgehead atoms. The molecule has 14 heavy (non-hydrogen) atoms. The lowest BCUT2D eigenvalue weighted by molar-refractivity contribution is 0.0768. The van der Waals surface area contributed by atoms with Crippen molar-refractivity contribution in [2.24, 2.45) is 0 Å². The fraction of sp³-hybridized carbons (Fsp3) is 0.455. The summed E-state index contributed by atoms with van der Waals surface area (Å²) in [4.78, 5) is 0. The van der Waals surface area contributed by atoms with Gasteiger partial charge in [-0.2, -0.15) is 0 Å². The summed E-state index contributed by atoms with van der Waals surface area (Å²) >= 11 is 0. The van der Waals surface area contributed by atoms with E-state index in [2.05, 4.69) is 5.32 Å². The quantitative estimate of drug-likeness (QED) is 0.707. The highest BCUT2D eigenvalue weighted by Crippen LogP contribution is 2.22. The van der Waals surface area contributed by atoms with Crippen LogP contribution in [0.2, 0.25) is 0 Å². The number of hydrogen-bond acceptors (Lipinski definition) is 3. The van der Waals surface area contributed by atoms with Gasteiger partial charge in [0.05, 0.1) is 19.3 Å². The predicted octanol–water partition coefficient (Wildman–Crippen LogP) is 1.36. The summed E-state index contributed by atoms with van der Waals surface area (Å²) in [5, 5.41) is 12.8. The largest absolute Gasteiger partial charge is 0.508 e. The van der Waals surface area contributed by atoms with Crippen molar-refractivity contribution in [1.82, 2.24) is 5.32 Å². The van der Waals surface area contributed by atoms with Gasteiger partial charge in [-0.1, -0.05) is 12.1 Å². The van der Waals surface area contributed by atoms with Gasteiger partial charge in [-0.15, -0.1) is 0 Å². The average Bonchev–Trinajstić information content (AvgIpc) is 2.23. The van der Waals surface area contributed by atoms with Crippen LogP contribution in [0, 0.1) is 6.92 Å². The molecule has 2 rings (SSSR count). The topological polar surface area (TPSA) is 41.5 Å². The normalized spacial score (nSPS) is 22.2. The fourth-order valence-electron chi connectivity index (χ4n) is 1.67. The van der Waals surface area contributed by atoms with E-state index < -0.39 is 0 Å². The molecule has 3 nitrogen and oxygen atoms in total. The van der Waals surface area contributed by atoms with Crippen molar-refractivity contribution in [2.75, 3.05) is 19.8 Å². The number of rotatable bonds is 1. The van der Waals surface area contributed by atoms with Crippen molar-refractivity contribution in [3.05, 3.63) is 29.3 Å². The van der Waals surface area contributed by atoms with Crippen LogP contribution in [0.15, 0.2) is 18.2 Å². The van der Waals surface area contributed by atoms with E-state index >= 15 is 0 Å². The van der Waals surface area contributed by atoms with E-state index in [0.717, 1.165) is 18.7 Å². The van der Waals surface area contributed by atoms with Crippen LogP contribution in [0.25, 0.3) is 0 Å². The highest BCUT2D eigenvalue weighted by molar-refractivity contribution is 5.36. The van der Waals surface area contributed by atoms with Crippen molar-refractivity contribution >= 4 is 0 Å². The molecule has 1 atom stereocenters. The Morgan fingerprint density at radius 1 is 1.50 bits per heavy atom. The minimum absolute atomic E-state index is 0.267. The first-order valence-corrected chi connectivity index (χ1v) is 4.88. The van der Waals surface area contributed by atoms with Gasteiger partial charge >= 0.3 is 0 Å². The Bertz CT molecular complexity index is 319. The molecular formula is C11H15NO2. The number of morpholine rings is 1. The predicted molar refractivity (Wildman–Crippen MR) is 54.4 cm³/mol. The van der Waals surface area contributed by atoms with E-state index in [1.165, 1.54) is 5.56 Å². The van der Waals surface area contributed by atoms with E-state index in [4.69, 9.17) is 4.74 Å². The molecule has 2 N–H and O–H groups in total. The number of hydrogen-bond donors (Lipinski definition) is 2. The Kier molecular flexibility index (Phi) is 2.70. The Hall–Kier alpha value is -1.06. The number of aromatic hydroxyl groups is 1. The molecule has 1 fully saturated rings. The standard InChI is InChI=1S/C11H15NO2/c1-8-6-9(2-3-11(8)13)10-7-14-5-4-12-10/h2-3,6,10,12-13H,4-5,7H2,1H3/t10-/m0/s1. The van der Waals surface area contributed by atoms with Gasteiger partial charge < -0.3 is 15.2 Å². The first kappa shape index (κ1) is 9.49. The van der Waals surface area contributed by atoms with Crippen LogP contribution in [0.5, 0.6) is 5.75 Å². The second-order valence-electron chi connectivity index (χ2n) is 3.63. The summed E-state index contributed by atoms with van der Waals surface area (Å²) in [6.07, 6.45) is 0. The van der Waals surface area contributed by atoms with Gasteiger partial charge in [-0.25, -0.2) is 0 Å². The molecule has 76 valence electrons. The Labute approximate surface area is 83.7 Å². The third kappa shape index (κ3) is 1.89. The molecule has 3 heteroatoms. The Morgan fingerprint density at radius 3 is 3.00 bits per heavy atom. The average molecular weight is 193 g/mol. The SMILES string of the molecule is Cc1cc([C@@H]2COCCN2)ccc1O. The van der Waals surface area contributed by atoms with Crippen LogP contribution in [0.4, 0.5) is 0 Å². The molecule has 1 aliphatic heterocycles. The van der Waals surface area contributed by atoms with Crippen molar-refractivity contribution in [1.29, 1.82) is 0 Å². The zero-order chi connectivity index (χ0) is 9.97. The smallest absolute Gasteiger partial charge is 0.118 e. The van der Waals surface area contributed by atoms with Crippen LogP contribution in [-0.2, 0) is 4.74 Å². The number of phenols is 1. The first-order valence-electron chi connectivity index (χ1n) is 4.88. The van der Waals surface area contributed by atoms with Crippen LogP contribution < -0.4 is 5.32 Å². The van der Waals surface area contributed by atoms with E-state index in [0.29, 0.717) is 12.4 Å². The summed E-state index contributed by atoms with van der Waals surface area (Å²) in [6.45, 7) is 4.30. The van der Waals surface area contributed by atoms with Crippen molar-refractivity contribution in [2.45, 2.75) is 13.0 Å². The minimum Gasteiger partial charge on any atom is -0.508 e. The van der Waals surface area contributed by atoms with Crippen LogP contribution in [0.1, 0.15) is 17.2 Å². The van der Waals surface area contributed by atoms with Crippen molar-refractivity contribution in [3.63, 3.8) is 0 Å². The summed E-state index contributed by atoms with van der Waals surface area (Å²) in [5.41, 5.74) is 2.09. The maximum atomic E-state index is 9.39. The lowest BCUT2D eigenvalue weighted by Gasteiger charge is -2.24. The van der Waals surface area contributed by atoms with E-state index in [-0.39, 0.29) is 6.04 Å².